The summed E-state index contributed by atoms with van der Waals surface area (Å²) >= 11 is 0. The summed E-state index contributed by atoms with van der Waals surface area (Å²) in [5.74, 6) is 1.60. The van der Waals surface area contributed by atoms with E-state index < -0.39 is 0 Å². The van der Waals surface area contributed by atoms with E-state index in [1.807, 2.05) is 0 Å². The van der Waals surface area contributed by atoms with Gasteiger partial charge in [0.15, 0.2) is 0 Å². The zero-order valence-corrected chi connectivity index (χ0v) is 5.71. The first-order chi connectivity index (χ1) is 4.38. The van der Waals surface area contributed by atoms with Crippen LogP contribution in [0.4, 0.5) is 0 Å². The van der Waals surface area contributed by atoms with Gasteiger partial charge in [-0.2, -0.15) is 0 Å². The van der Waals surface area contributed by atoms with Crippen LogP contribution in [-0.4, -0.2) is 11.2 Å². The summed E-state index contributed by atoms with van der Waals surface area (Å²) in [6.45, 7) is 0. The van der Waals surface area contributed by atoms with Gasteiger partial charge in [0.05, 0.1) is 6.10 Å². The number of hydrogen-bond acceptors (Lipinski definition) is 1. The molecule has 52 valence electrons. The van der Waals surface area contributed by atoms with Gasteiger partial charge in [-0.15, -0.1) is 0 Å². The summed E-state index contributed by atoms with van der Waals surface area (Å²) in [6, 6.07) is 0. The summed E-state index contributed by atoms with van der Waals surface area (Å²) in [5, 5.41) is 9.40. The maximum atomic E-state index is 9.40. The molecule has 1 N–H and O–H groups in total. The molecule has 0 aromatic rings. The van der Waals surface area contributed by atoms with Crippen molar-refractivity contribution in [3.63, 3.8) is 0 Å². The van der Waals surface area contributed by atoms with E-state index >= 15 is 0 Å². The molecule has 2 aliphatic carbocycles. The predicted octanol–water partition coefficient (Wildman–Crippen LogP) is 1.56. The Hall–Kier alpha value is -0.0400. The van der Waals surface area contributed by atoms with Crippen molar-refractivity contribution in [1.29, 1.82) is 0 Å². The van der Waals surface area contributed by atoms with Crippen LogP contribution in [0.2, 0.25) is 0 Å². The fourth-order valence-electron chi connectivity index (χ4n) is 2.53. The molecule has 2 saturated carbocycles. The molecule has 0 aliphatic heterocycles. The Balaban J connectivity index is 2.07. The van der Waals surface area contributed by atoms with Crippen molar-refractivity contribution >= 4 is 0 Å². The summed E-state index contributed by atoms with van der Waals surface area (Å²) in [7, 11) is 0. The van der Waals surface area contributed by atoms with Gasteiger partial charge in [0.25, 0.3) is 0 Å². The van der Waals surface area contributed by atoms with Gasteiger partial charge in [-0.25, -0.2) is 0 Å². The van der Waals surface area contributed by atoms with Crippen molar-refractivity contribution in [2.45, 2.75) is 38.2 Å². The van der Waals surface area contributed by atoms with E-state index in [1.54, 1.807) is 0 Å². The lowest BCUT2D eigenvalue weighted by Gasteiger charge is -2.10. The molecule has 0 bridgehead atoms. The topological polar surface area (TPSA) is 20.2 Å². The molecule has 0 radical (unpaired) electrons. The van der Waals surface area contributed by atoms with E-state index in [2.05, 4.69) is 0 Å². The highest BCUT2D eigenvalue weighted by Crippen LogP contribution is 2.43. The third-order valence-corrected chi connectivity index (χ3v) is 3.05. The van der Waals surface area contributed by atoms with Crippen LogP contribution in [0.5, 0.6) is 0 Å². The fraction of sp³-hybridized carbons (Fsp3) is 1.00. The summed E-state index contributed by atoms with van der Waals surface area (Å²) in [5.41, 5.74) is 0. The zero-order valence-electron chi connectivity index (χ0n) is 5.71. The quantitative estimate of drug-likeness (QED) is 0.522. The molecule has 2 fully saturated rings. The van der Waals surface area contributed by atoms with E-state index in [-0.39, 0.29) is 6.10 Å². The molecular weight excluding hydrogens is 112 g/mol. The van der Waals surface area contributed by atoms with Gasteiger partial charge in [-0.3, -0.25) is 0 Å². The van der Waals surface area contributed by atoms with Crippen LogP contribution >= 0.6 is 0 Å². The Labute approximate surface area is 56.1 Å². The Morgan fingerprint density at radius 3 is 2.67 bits per heavy atom. The van der Waals surface area contributed by atoms with Gasteiger partial charge < -0.3 is 5.11 Å². The van der Waals surface area contributed by atoms with Gasteiger partial charge in [0.2, 0.25) is 0 Å². The number of aliphatic hydroxyl groups excluding tert-OH is 1. The van der Waals surface area contributed by atoms with Crippen LogP contribution in [0.1, 0.15) is 32.1 Å². The van der Waals surface area contributed by atoms with E-state index in [4.69, 9.17) is 0 Å². The minimum Gasteiger partial charge on any atom is -0.393 e. The van der Waals surface area contributed by atoms with E-state index in [1.165, 1.54) is 25.7 Å². The molecule has 0 heterocycles. The number of fused-ring (bicyclic) bond motifs is 1. The molecule has 9 heavy (non-hydrogen) atoms. The lowest BCUT2D eigenvalue weighted by atomic mass is 9.99. The Bertz CT molecular complexity index is 111. The molecule has 0 unspecified atom stereocenters. The van der Waals surface area contributed by atoms with Crippen molar-refractivity contribution in [2.75, 3.05) is 0 Å². The van der Waals surface area contributed by atoms with Gasteiger partial charge in [0.1, 0.15) is 0 Å². The molecule has 1 heteroatoms. The maximum Gasteiger partial charge on any atom is 0.0571 e. The maximum absolute atomic E-state index is 9.40. The van der Waals surface area contributed by atoms with Crippen molar-refractivity contribution < 1.29 is 5.11 Å². The summed E-state index contributed by atoms with van der Waals surface area (Å²) in [6.07, 6.45) is 6.50. The number of aliphatic hydroxyl groups is 1. The molecule has 2 aliphatic rings. The highest BCUT2D eigenvalue weighted by Gasteiger charge is 2.37. The molecule has 1 nitrogen and oxygen atoms in total. The third-order valence-electron chi connectivity index (χ3n) is 3.05. The van der Waals surface area contributed by atoms with Crippen LogP contribution in [0.3, 0.4) is 0 Å². The molecule has 0 spiro atoms. The standard InChI is InChI=1S/C8H14O/c9-8-5-4-6-2-1-3-7(6)8/h6-9H,1-5H2/t6-,7-,8-/m0/s1. The fourth-order valence-corrected chi connectivity index (χ4v) is 2.53. The van der Waals surface area contributed by atoms with Crippen molar-refractivity contribution in [3.8, 4) is 0 Å². The highest BCUT2D eigenvalue weighted by atomic mass is 16.3. The first-order valence-electron chi connectivity index (χ1n) is 4.06. The SMILES string of the molecule is O[C@H]1CC[C@@H]2CCC[C@@H]21. The first-order valence-corrected chi connectivity index (χ1v) is 4.06. The lowest BCUT2D eigenvalue weighted by molar-refractivity contribution is 0.126. The van der Waals surface area contributed by atoms with Crippen LogP contribution < -0.4 is 0 Å². The highest BCUT2D eigenvalue weighted by molar-refractivity contribution is 4.88. The normalized spacial score (nSPS) is 49.7. The molecule has 0 amide bonds. The second-order valence-corrected chi connectivity index (χ2v) is 3.50. The van der Waals surface area contributed by atoms with E-state index in [9.17, 15) is 5.11 Å². The van der Waals surface area contributed by atoms with Crippen LogP contribution in [0.15, 0.2) is 0 Å². The Morgan fingerprint density at radius 2 is 1.89 bits per heavy atom. The minimum atomic E-state index is 0.0671. The smallest absolute Gasteiger partial charge is 0.0571 e. The number of hydrogen-bond donors (Lipinski definition) is 1. The molecule has 3 atom stereocenters. The summed E-state index contributed by atoms with van der Waals surface area (Å²) in [4.78, 5) is 0. The van der Waals surface area contributed by atoms with Gasteiger partial charge >= 0.3 is 0 Å². The molecule has 0 aromatic heterocycles. The van der Waals surface area contributed by atoms with E-state index in [0.29, 0.717) is 5.92 Å². The van der Waals surface area contributed by atoms with Crippen LogP contribution in [-0.2, 0) is 0 Å². The zero-order chi connectivity index (χ0) is 6.27. The third kappa shape index (κ3) is 0.787. The predicted molar refractivity (Wildman–Crippen MR) is 36.1 cm³/mol. The monoisotopic (exact) mass is 126 g/mol. The Kier molecular flexibility index (Phi) is 1.26. The lowest BCUT2D eigenvalue weighted by Crippen LogP contribution is -2.13. The largest absolute Gasteiger partial charge is 0.393 e. The van der Waals surface area contributed by atoms with E-state index in [0.717, 1.165) is 12.3 Å². The number of rotatable bonds is 0. The van der Waals surface area contributed by atoms with Gasteiger partial charge in [-0.05, 0) is 31.1 Å². The average molecular weight is 126 g/mol. The van der Waals surface area contributed by atoms with Crippen molar-refractivity contribution in [2.24, 2.45) is 11.8 Å². The Morgan fingerprint density at radius 1 is 1.00 bits per heavy atom. The van der Waals surface area contributed by atoms with Gasteiger partial charge in [-0.1, -0.05) is 12.8 Å². The van der Waals surface area contributed by atoms with Crippen LogP contribution in [0.25, 0.3) is 0 Å². The van der Waals surface area contributed by atoms with Gasteiger partial charge in [0, 0.05) is 0 Å². The molecule has 0 aromatic carbocycles. The minimum absolute atomic E-state index is 0.0671. The van der Waals surface area contributed by atoms with Crippen LogP contribution in [0, 0.1) is 11.8 Å². The molecule has 0 saturated heterocycles. The average Bonchev–Trinajstić information content (AvgIpc) is 2.35. The first kappa shape index (κ1) is 5.72. The molecule has 2 rings (SSSR count). The molecular formula is C8H14O. The summed E-state index contributed by atoms with van der Waals surface area (Å²) < 4.78 is 0. The van der Waals surface area contributed by atoms with Crippen molar-refractivity contribution in [3.05, 3.63) is 0 Å². The van der Waals surface area contributed by atoms with Crippen molar-refractivity contribution in [1.82, 2.24) is 0 Å². The second-order valence-electron chi connectivity index (χ2n) is 3.50. The second kappa shape index (κ2) is 1.98.